The van der Waals surface area contributed by atoms with E-state index in [0.717, 1.165) is 0 Å². The molecule has 2 aromatic rings. The lowest BCUT2D eigenvalue weighted by atomic mass is 10.0. The molecule has 0 heterocycles. The first-order valence-electron chi connectivity index (χ1n) is 4.98. The van der Waals surface area contributed by atoms with Crippen molar-refractivity contribution < 1.29 is 19.4 Å². The fourth-order valence-corrected chi connectivity index (χ4v) is 1.72. The number of hydrogen-bond donors (Lipinski definition) is 1. The summed E-state index contributed by atoms with van der Waals surface area (Å²) in [5, 5.41) is 10.4. The SMILES string of the molecule is COC(=O)c1cc(C(=O)O)c2ccccc2c1. The maximum atomic E-state index is 11.4. The molecule has 0 bridgehead atoms. The van der Waals surface area contributed by atoms with Gasteiger partial charge in [-0.3, -0.25) is 0 Å². The zero-order chi connectivity index (χ0) is 12.4. The molecule has 0 aromatic heterocycles. The van der Waals surface area contributed by atoms with E-state index in [0.29, 0.717) is 10.8 Å². The predicted octanol–water partition coefficient (Wildman–Crippen LogP) is 2.32. The first kappa shape index (κ1) is 11.1. The monoisotopic (exact) mass is 230 g/mol. The molecule has 0 atom stereocenters. The first-order chi connectivity index (χ1) is 8.13. The third kappa shape index (κ3) is 1.97. The Kier molecular flexibility index (Phi) is 2.78. The molecular formula is C13H10O4. The van der Waals surface area contributed by atoms with E-state index in [1.807, 2.05) is 0 Å². The van der Waals surface area contributed by atoms with Crippen molar-refractivity contribution in [2.24, 2.45) is 0 Å². The highest BCUT2D eigenvalue weighted by Gasteiger charge is 2.14. The van der Waals surface area contributed by atoms with E-state index < -0.39 is 11.9 Å². The Bertz CT molecular complexity index is 601. The maximum Gasteiger partial charge on any atom is 0.337 e. The van der Waals surface area contributed by atoms with Crippen molar-refractivity contribution in [3.05, 3.63) is 47.5 Å². The van der Waals surface area contributed by atoms with Crippen LogP contribution in [0, 0.1) is 0 Å². The summed E-state index contributed by atoms with van der Waals surface area (Å²) in [5.41, 5.74) is 0.340. The van der Waals surface area contributed by atoms with Crippen molar-refractivity contribution in [2.45, 2.75) is 0 Å². The van der Waals surface area contributed by atoms with Crippen LogP contribution in [0.15, 0.2) is 36.4 Å². The first-order valence-corrected chi connectivity index (χ1v) is 4.98. The van der Waals surface area contributed by atoms with Crippen LogP contribution in [0.1, 0.15) is 20.7 Å². The number of fused-ring (bicyclic) bond motifs is 1. The number of carboxylic acid groups (broad SMARTS) is 1. The van der Waals surface area contributed by atoms with Gasteiger partial charge in [0.15, 0.2) is 0 Å². The number of benzene rings is 2. The summed E-state index contributed by atoms with van der Waals surface area (Å²) in [6.45, 7) is 0. The van der Waals surface area contributed by atoms with Gasteiger partial charge in [-0.1, -0.05) is 24.3 Å². The highest BCUT2D eigenvalue weighted by Crippen LogP contribution is 2.21. The Morgan fingerprint density at radius 2 is 1.88 bits per heavy atom. The molecule has 0 aliphatic carbocycles. The summed E-state index contributed by atoms with van der Waals surface area (Å²) < 4.78 is 4.59. The van der Waals surface area contributed by atoms with Crippen LogP contribution < -0.4 is 0 Å². The van der Waals surface area contributed by atoms with Gasteiger partial charge in [-0.15, -0.1) is 0 Å². The molecule has 2 aromatic carbocycles. The molecule has 0 amide bonds. The molecule has 0 spiro atoms. The normalized spacial score (nSPS) is 10.2. The topological polar surface area (TPSA) is 63.6 Å². The molecular weight excluding hydrogens is 220 g/mol. The van der Waals surface area contributed by atoms with Crippen LogP contribution in [0.3, 0.4) is 0 Å². The zero-order valence-corrected chi connectivity index (χ0v) is 9.14. The molecule has 2 rings (SSSR count). The fourth-order valence-electron chi connectivity index (χ4n) is 1.72. The third-order valence-corrected chi connectivity index (χ3v) is 2.51. The van der Waals surface area contributed by atoms with Crippen LogP contribution in [0.4, 0.5) is 0 Å². The second-order valence-corrected chi connectivity index (χ2v) is 3.54. The Balaban J connectivity index is 2.76. The van der Waals surface area contributed by atoms with Gasteiger partial charge in [-0.2, -0.15) is 0 Å². The van der Waals surface area contributed by atoms with Gasteiger partial charge < -0.3 is 9.84 Å². The fraction of sp³-hybridized carbons (Fsp3) is 0.0769. The quantitative estimate of drug-likeness (QED) is 0.804. The number of carboxylic acids is 1. The minimum absolute atomic E-state index is 0.100. The summed E-state index contributed by atoms with van der Waals surface area (Å²) in [6, 6.07) is 9.96. The van der Waals surface area contributed by atoms with E-state index >= 15 is 0 Å². The lowest BCUT2D eigenvalue weighted by molar-refractivity contribution is 0.0601. The van der Waals surface area contributed by atoms with Crippen molar-refractivity contribution >= 4 is 22.7 Å². The number of methoxy groups -OCH3 is 1. The summed E-state index contributed by atoms with van der Waals surface area (Å²) in [7, 11) is 1.26. The predicted molar refractivity (Wildman–Crippen MR) is 62.2 cm³/mol. The van der Waals surface area contributed by atoms with Crippen LogP contribution >= 0.6 is 0 Å². The van der Waals surface area contributed by atoms with Gasteiger partial charge in [0, 0.05) is 0 Å². The number of carbonyl (C=O) groups excluding carboxylic acids is 1. The van der Waals surface area contributed by atoms with Gasteiger partial charge in [0.25, 0.3) is 0 Å². The van der Waals surface area contributed by atoms with Crippen LogP contribution in [0.25, 0.3) is 10.8 Å². The molecule has 1 N–H and O–H groups in total. The van der Waals surface area contributed by atoms with Crippen LogP contribution in [0.2, 0.25) is 0 Å². The van der Waals surface area contributed by atoms with E-state index in [-0.39, 0.29) is 11.1 Å². The smallest absolute Gasteiger partial charge is 0.337 e. The average Bonchev–Trinajstić information content (AvgIpc) is 2.36. The van der Waals surface area contributed by atoms with Crippen molar-refractivity contribution in [2.75, 3.05) is 7.11 Å². The van der Waals surface area contributed by atoms with Gasteiger partial charge >= 0.3 is 11.9 Å². The number of carbonyl (C=O) groups is 2. The third-order valence-electron chi connectivity index (χ3n) is 2.51. The molecule has 0 aliphatic rings. The van der Waals surface area contributed by atoms with E-state index in [9.17, 15) is 9.59 Å². The molecule has 0 unspecified atom stereocenters. The van der Waals surface area contributed by atoms with E-state index in [1.165, 1.54) is 13.2 Å². The number of ether oxygens (including phenoxy) is 1. The molecule has 4 nitrogen and oxygen atoms in total. The minimum Gasteiger partial charge on any atom is -0.478 e. The van der Waals surface area contributed by atoms with Gasteiger partial charge in [-0.25, -0.2) is 9.59 Å². The van der Waals surface area contributed by atoms with Gasteiger partial charge in [0.2, 0.25) is 0 Å². The summed E-state index contributed by atoms with van der Waals surface area (Å²) in [4.78, 5) is 22.5. The average molecular weight is 230 g/mol. The van der Waals surface area contributed by atoms with Gasteiger partial charge in [0.05, 0.1) is 18.2 Å². The minimum atomic E-state index is -1.06. The number of aromatic carboxylic acids is 1. The number of rotatable bonds is 2. The molecule has 0 saturated carbocycles. The van der Waals surface area contributed by atoms with Gasteiger partial charge in [0.1, 0.15) is 0 Å². The summed E-state index contributed by atoms with van der Waals surface area (Å²) >= 11 is 0. The zero-order valence-electron chi connectivity index (χ0n) is 9.14. The van der Waals surface area contributed by atoms with Crippen molar-refractivity contribution in [3.63, 3.8) is 0 Å². The maximum absolute atomic E-state index is 11.4. The largest absolute Gasteiger partial charge is 0.478 e. The molecule has 0 fully saturated rings. The standard InChI is InChI=1S/C13H10O4/c1-17-13(16)9-6-8-4-2-3-5-10(8)11(7-9)12(14)15/h2-7H,1H3,(H,14,15). The van der Waals surface area contributed by atoms with Crippen LogP contribution in [-0.4, -0.2) is 24.2 Å². The lowest BCUT2D eigenvalue weighted by Crippen LogP contribution is -2.05. The van der Waals surface area contributed by atoms with E-state index in [2.05, 4.69) is 4.74 Å². The second-order valence-electron chi connectivity index (χ2n) is 3.54. The van der Waals surface area contributed by atoms with Crippen molar-refractivity contribution in [1.29, 1.82) is 0 Å². The highest BCUT2D eigenvalue weighted by molar-refractivity contribution is 6.07. The molecule has 86 valence electrons. The second kappa shape index (κ2) is 4.25. The molecule has 4 heteroatoms. The van der Waals surface area contributed by atoms with E-state index in [4.69, 9.17) is 5.11 Å². The molecule has 0 saturated heterocycles. The summed E-state index contributed by atoms with van der Waals surface area (Å²) in [5.74, 6) is -1.61. The summed E-state index contributed by atoms with van der Waals surface area (Å²) in [6.07, 6.45) is 0. The Morgan fingerprint density at radius 1 is 1.18 bits per heavy atom. The molecule has 0 aliphatic heterocycles. The number of hydrogen-bond acceptors (Lipinski definition) is 3. The number of esters is 1. The lowest BCUT2D eigenvalue weighted by Gasteiger charge is -2.05. The Morgan fingerprint density at radius 3 is 2.53 bits per heavy atom. The molecule has 17 heavy (non-hydrogen) atoms. The Hall–Kier alpha value is -2.36. The van der Waals surface area contributed by atoms with E-state index in [1.54, 1.807) is 30.3 Å². The highest BCUT2D eigenvalue weighted by atomic mass is 16.5. The van der Waals surface area contributed by atoms with Crippen LogP contribution in [0.5, 0.6) is 0 Å². The van der Waals surface area contributed by atoms with Crippen molar-refractivity contribution in [1.82, 2.24) is 0 Å². The molecule has 0 radical (unpaired) electrons. The van der Waals surface area contributed by atoms with Gasteiger partial charge in [-0.05, 0) is 22.9 Å². The van der Waals surface area contributed by atoms with Crippen molar-refractivity contribution in [3.8, 4) is 0 Å². The Labute approximate surface area is 97.4 Å². The van der Waals surface area contributed by atoms with Crippen LogP contribution in [-0.2, 0) is 4.74 Å².